The van der Waals surface area contributed by atoms with Gasteiger partial charge < -0.3 is 0 Å². The molecule has 18 heavy (non-hydrogen) atoms. The molecule has 0 aromatic heterocycles. The van der Waals surface area contributed by atoms with E-state index in [1.165, 1.54) is 12.1 Å². The summed E-state index contributed by atoms with van der Waals surface area (Å²) < 4.78 is 67.0. The fourth-order valence-electron chi connectivity index (χ4n) is 1.22. The SMILES string of the molecule is Cc1cccc(NS(=O)(=O)C(F)S(=O)(=O)O)c1C. The van der Waals surface area contributed by atoms with Crippen LogP contribution in [0, 0.1) is 13.8 Å². The lowest BCUT2D eigenvalue weighted by molar-refractivity contribution is 0.420. The number of rotatable bonds is 4. The summed E-state index contributed by atoms with van der Waals surface area (Å²) in [4.78, 5) is -3.43. The summed E-state index contributed by atoms with van der Waals surface area (Å²) in [6.07, 6.45) is 0. The third-order valence-corrected chi connectivity index (χ3v) is 5.29. The number of benzene rings is 1. The van der Waals surface area contributed by atoms with Gasteiger partial charge in [0.2, 0.25) is 0 Å². The first kappa shape index (κ1) is 14.9. The monoisotopic (exact) mass is 297 g/mol. The van der Waals surface area contributed by atoms with Crippen molar-refractivity contribution < 1.29 is 25.8 Å². The van der Waals surface area contributed by atoms with Gasteiger partial charge in [0.05, 0.1) is 5.69 Å². The van der Waals surface area contributed by atoms with Crippen molar-refractivity contribution in [2.24, 2.45) is 0 Å². The number of nitrogens with one attached hydrogen (secondary N) is 1. The maximum absolute atomic E-state index is 13.1. The Morgan fingerprint density at radius 1 is 1.22 bits per heavy atom. The molecule has 0 saturated heterocycles. The highest BCUT2D eigenvalue weighted by atomic mass is 32.3. The van der Waals surface area contributed by atoms with Crippen LogP contribution in [0.2, 0.25) is 0 Å². The quantitative estimate of drug-likeness (QED) is 0.813. The first-order chi connectivity index (χ1) is 8.05. The molecule has 1 aromatic carbocycles. The van der Waals surface area contributed by atoms with E-state index in [0.717, 1.165) is 5.56 Å². The van der Waals surface area contributed by atoms with Crippen LogP contribution in [0.25, 0.3) is 0 Å². The van der Waals surface area contributed by atoms with E-state index in [2.05, 4.69) is 0 Å². The van der Waals surface area contributed by atoms with Gasteiger partial charge >= 0.3 is 15.0 Å². The molecule has 1 atom stereocenters. The summed E-state index contributed by atoms with van der Waals surface area (Å²) in [7, 11) is -10.2. The molecular formula is C9H12FNO5S2. The van der Waals surface area contributed by atoms with E-state index in [-0.39, 0.29) is 5.69 Å². The molecule has 0 spiro atoms. The van der Waals surface area contributed by atoms with E-state index in [9.17, 15) is 21.2 Å². The number of anilines is 1. The van der Waals surface area contributed by atoms with Crippen molar-refractivity contribution in [1.29, 1.82) is 0 Å². The minimum atomic E-state index is -5.32. The number of sulfonamides is 1. The van der Waals surface area contributed by atoms with E-state index in [4.69, 9.17) is 4.55 Å². The number of alkyl halides is 1. The van der Waals surface area contributed by atoms with Crippen LogP contribution in [-0.2, 0) is 20.1 Å². The van der Waals surface area contributed by atoms with Crippen molar-refractivity contribution in [2.75, 3.05) is 4.72 Å². The Balaban J connectivity index is 3.15. The molecule has 2 N–H and O–H groups in total. The zero-order valence-electron chi connectivity index (χ0n) is 9.58. The molecule has 1 aromatic rings. The van der Waals surface area contributed by atoms with Crippen molar-refractivity contribution in [3.8, 4) is 0 Å². The summed E-state index contributed by atoms with van der Waals surface area (Å²) in [6, 6.07) is 4.60. The second-order valence-corrected chi connectivity index (χ2v) is 7.13. The Morgan fingerprint density at radius 2 is 1.78 bits per heavy atom. The normalized spacial score (nSPS) is 14.2. The van der Waals surface area contributed by atoms with Gasteiger partial charge in [0.25, 0.3) is 10.0 Å². The van der Waals surface area contributed by atoms with E-state index in [0.29, 0.717) is 5.56 Å². The summed E-state index contributed by atoms with van der Waals surface area (Å²) in [6.45, 7) is 3.30. The van der Waals surface area contributed by atoms with E-state index >= 15 is 0 Å². The van der Waals surface area contributed by atoms with Gasteiger partial charge in [-0.2, -0.15) is 8.42 Å². The van der Waals surface area contributed by atoms with Crippen LogP contribution in [0.15, 0.2) is 18.2 Å². The van der Waals surface area contributed by atoms with Crippen molar-refractivity contribution in [3.05, 3.63) is 29.3 Å². The highest BCUT2D eigenvalue weighted by Gasteiger charge is 2.37. The van der Waals surface area contributed by atoms with Crippen molar-refractivity contribution in [1.82, 2.24) is 0 Å². The first-order valence-electron chi connectivity index (χ1n) is 4.74. The predicted octanol–water partition coefficient (Wildman–Crippen LogP) is 1.19. The topological polar surface area (TPSA) is 101 Å². The summed E-state index contributed by atoms with van der Waals surface area (Å²) in [5.41, 5.74) is 1.34. The van der Waals surface area contributed by atoms with Crippen LogP contribution in [0.5, 0.6) is 0 Å². The number of hydrogen-bond donors (Lipinski definition) is 2. The minimum absolute atomic E-state index is 0.0568. The van der Waals surface area contributed by atoms with Gasteiger partial charge in [0, 0.05) is 0 Å². The van der Waals surface area contributed by atoms with Gasteiger partial charge in [-0.1, -0.05) is 12.1 Å². The smallest absolute Gasteiger partial charge is 0.282 e. The van der Waals surface area contributed by atoms with Crippen molar-refractivity contribution in [2.45, 2.75) is 18.7 Å². The molecule has 1 unspecified atom stereocenters. The highest BCUT2D eigenvalue weighted by molar-refractivity contribution is 8.07. The fraction of sp³-hybridized carbons (Fsp3) is 0.333. The molecule has 0 aliphatic rings. The average Bonchev–Trinajstić information content (AvgIpc) is 2.22. The van der Waals surface area contributed by atoms with Gasteiger partial charge in [0.15, 0.2) is 0 Å². The van der Waals surface area contributed by atoms with Crippen LogP contribution < -0.4 is 4.72 Å². The molecule has 102 valence electrons. The minimum Gasteiger partial charge on any atom is -0.282 e. The van der Waals surface area contributed by atoms with Crippen LogP contribution in [0.4, 0.5) is 10.1 Å². The van der Waals surface area contributed by atoms with Gasteiger partial charge in [-0.25, -0.2) is 12.8 Å². The molecule has 9 heteroatoms. The van der Waals surface area contributed by atoms with Gasteiger partial charge in [0.1, 0.15) is 0 Å². The zero-order valence-corrected chi connectivity index (χ0v) is 11.2. The molecule has 0 fully saturated rings. The lowest BCUT2D eigenvalue weighted by Crippen LogP contribution is -2.31. The Bertz CT molecular complexity index is 654. The molecule has 1 rings (SSSR count). The van der Waals surface area contributed by atoms with Crippen LogP contribution in [0.3, 0.4) is 0 Å². The average molecular weight is 297 g/mol. The molecular weight excluding hydrogens is 285 g/mol. The summed E-state index contributed by atoms with van der Waals surface area (Å²) >= 11 is 0. The first-order valence-corrected chi connectivity index (χ1v) is 7.79. The number of hydrogen-bond acceptors (Lipinski definition) is 4. The zero-order chi connectivity index (χ0) is 14.1. The van der Waals surface area contributed by atoms with Gasteiger partial charge in [-0.05, 0) is 31.0 Å². The van der Waals surface area contributed by atoms with Crippen LogP contribution in [-0.4, -0.2) is 26.2 Å². The van der Waals surface area contributed by atoms with Crippen molar-refractivity contribution in [3.63, 3.8) is 0 Å². The Kier molecular flexibility index (Phi) is 3.99. The third-order valence-electron chi connectivity index (χ3n) is 2.33. The summed E-state index contributed by atoms with van der Waals surface area (Å²) in [5, 5.41) is 0. The van der Waals surface area contributed by atoms with Crippen molar-refractivity contribution >= 4 is 25.8 Å². The molecule has 0 bridgehead atoms. The van der Waals surface area contributed by atoms with Gasteiger partial charge in [-0.15, -0.1) is 0 Å². The molecule has 0 amide bonds. The number of aryl methyl sites for hydroxylation is 1. The third kappa shape index (κ3) is 3.18. The maximum atomic E-state index is 13.1. The molecule has 6 nitrogen and oxygen atoms in total. The van der Waals surface area contributed by atoms with Gasteiger partial charge in [-0.3, -0.25) is 9.27 Å². The lowest BCUT2D eigenvalue weighted by Gasteiger charge is -2.13. The molecule has 0 heterocycles. The van der Waals surface area contributed by atoms with E-state index in [1.807, 2.05) is 0 Å². The second-order valence-electron chi connectivity index (χ2n) is 3.68. The van der Waals surface area contributed by atoms with E-state index < -0.39 is 25.0 Å². The van der Waals surface area contributed by atoms with E-state index in [1.54, 1.807) is 24.6 Å². The fourth-order valence-corrected chi connectivity index (χ4v) is 3.27. The molecule has 0 aliphatic heterocycles. The summed E-state index contributed by atoms with van der Waals surface area (Å²) in [5.74, 6) is 0. The molecule has 0 aliphatic carbocycles. The largest absolute Gasteiger partial charge is 0.342 e. The second kappa shape index (κ2) is 4.82. The lowest BCUT2D eigenvalue weighted by atomic mass is 10.1. The maximum Gasteiger partial charge on any atom is 0.342 e. The van der Waals surface area contributed by atoms with Crippen LogP contribution in [0.1, 0.15) is 11.1 Å². The molecule has 0 saturated carbocycles. The standard InChI is InChI=1S/C9H12FNO5S2/c1-6-4-3-5-8(7(6)2)11-17(12,13)9(10)18(14,15)16/h3-5,9,11H,1-2H3,(H,14,15,16). The predicted molar refractivity (Wildman–Crippen MR) is 64.9 cm³/mol. The Labute approximate surface area is 105 Å². The highest BCUT2D eigenvalue weighted by Crippen LogP contribution is 2.21. The number of halogens is 1. The Morgan fingerprint density at radius 3 is 2.28 bits per heavy atom. The van der Waals surface area contributed by atoms with Crippen LogP contribution >= 0.6 is 0 Å². The Hall–Kier alpha value is -1.19. The molecule has 0 radical (unpaired) electrons.